The van der Waals surface area contributed by atoms with Crippen LogP contribution in [0, 0.1) is 0 Å². The maximum absolute atomic E-state index is 11.1. The molecule has 11 heavy (non-hydrogen) atoms. The molecule has 1 aliphatic heterocycles. The molecule has 1 rings (SSSR count). The van der Waals surface area contributed by atoms with Gasteiger partial charge in [0.1, 0.15) is 5.88 Å². The van der Waals surface area contributed by atoms with E-state index in [4.69, 9.17) is 0 Å². The highest BCUT2D eigenvalue weighted by atomic mass is 32.2. The summed E-state index contributed by atoms with van der Waals surface area (Å²) >= 11 is 0. The molecule has 1 aliphatic rings. The Hall–Kier alpha value is -0.350. The highest BCUT2D eigenvalue weighted by Gasteiger charge is 2.20. The van der Waals surface area contributed by atoms with E-state index in [1.54, 1.807) is 6.08 Å². The van der Waals surface area contributed by atoms with Gasteiger partial charge in [-0.1, -0.05) is 6.08 Å². The van der Waals surface area contributed by atoms with Gasteiger partial charge in [-0.15, -0.1) is 6.58 Å². The van der Waals surface area contributed by atoms with E-state index >= 15 is 0 Å². The summed E-state index contributed by atoms with van der Waals surface area (Å²) in [6, 6.07) is 0. The third kappa shape index (κ3) is 2.63. The fourth-order valence-electron chi connectivity index (χ4n) is 1.24. The standard InChI is InChI=1S/C7H13NO2S/c1-2-4-8-5-3-6-11(9,10)7-8/h2H,1,3-7H2. The van der Waals surface area contributed by atoms with Crippen molar-refractivity contribution in [3.8, 4) is 0 Å². The Labute approximate surface area is 67.6 Å². The van der Waals surface area contributed by atoms with Crippen molar-refractivity contribution in [2.24, 2.45) is 0 Å². The van der Waals surface area contributed by atoms with Crippen LogP contribution < -0.4 is 0 Å². The Balaban J connectivity index is 2.53. The third-order valence-electron chi connectivity index (χ3n) is 1.70. The molecule has 0 amide bonds. The molecule has 0 N–H and O–H groups in total. The summed E-state index contributed by atoms with van der Waals surface area (Å²) < 4.78 is 22.1. The molecule has 1 fully saturated rings. The Kier molecular flexibility index (Phi) is 2.67. The van der Waals surface area contributed by atoms with E-state index in [0.29, 0.717) is 12.3 Å². The molecular weight excluding hydrogens is 162 g/mol. The molecule has 3 nitrogen and oxygen atoms in total. The van der Waals surface area contributed by atoms with Crippen LogP contribution in [0.25, 0.3) is 0 Å². The monoisotopic (exact) mass is 175 g/mol. The molecule has 0 aromatic rings. The quantitative estimate of drug-likeness (QED) is 0.565. The Morgan fingerprint density at radius 1 is 1.55 bits per heavy atom. The first-order valence-electron chi connectivity index (χ1n) is 3.68. The van der Waals surface area contributed by atoms with Crippen molar-refractivity contribution in [1.82, 2.24) is 4.90 Å². The van der Waals surface area contributed by atoms with Crippen molar-refractivity contribution in [3.05, 3.63) is 12.7 Å². The lowest BCUT2D eigenvalue weighted by molar-refractivity contribution is 0.333. The number of hydrogen-bond donors (Lipinski definition) is 0. The van der Waals surface area contributed by atoms with Crippen LogP contribution in [0.5, 0.6) is 0 Å². The van der Waals surface area contributed by atoms with E-state index in [1.165, 1.54) is 0 Å². The maximum Gasteiger partial charge on any atom is 0.163 e. The molecule has 0 spiro atoms. The van der Waals surface area contributed by atoms with E-state index in [1.807, 2.05) is 4.90 Å². The summed E-state index contributed by atoms with van der Waals surface area (Å²) in [5, 5.41) is 0. The molecule has 0 aromatic heterocycles. The molecule has 0 radical (unpaired) electrons. The second-order valence-corrected chi connectivity index (χ2v) is 4.95. The van der Waals surface area contributed by atoms with E-state index in [9.17, 15) is 8.42 Å². The van der Waals surface area contributed by atoms with Gasteiger partial charge in [-0.25, -0.2) is 8.42 Å². The van der Waals surface area contributed by atoms with Crippen LogP contribution in [-0.4, -0.2) is 38.0 Å². The van der Waals surface area contributed by atoms with Crippen molar-refractivity contribution in [3.63, 3.8) is 0 Å². The van der Waals surface area contributed by atoms with E-state index in [2.05, 4.69) is 6.58 Å². The zero-order chi connectivity index (χ0) is 8.32. The molecule has 1 heterocycles. The number of sulfone groups is 1. The fourth-order valence-corrected chi connectivity index (χ4v) is 2.73. The number of nitrogens with zero attached hydrogens (tertiary/aromatic N) is 1. The lowest BCUT2D eigenvalue weighted by Gasteiger charge is -2.24. The molecule has 64 valence electrons. The normalized spacial score (nSPS) is 24.7. The first-order chi connectivity index (χ1) is 5.14. The minimum Gasteiger partial charge on any atom is -0.286 e. The van der Waals surface area contributed by atoms with Gasteiger partial charge in [0.15, 0.2) is 9.84 Å². The minimum atomic E-state index is -2.78. The molecule has 0 aromatic carbocycles. The molecule has 4 heteroatoms. The minimum absolute atomic E-state index is 0.207. The Bertz CT molecular complexity index is 233. The fraction of sp³-hybridized carbons (Fsp3) is 0.714. The highest BCUT2D eigenvalue weighted by Crippen LogP contribution is 2.06. The first kappa shape index (κ1) is 8.74. The zero-order valence-electron chi connectivity index (χ0n) is 6.49. The lowest BCUT2D eigenvalue weighted by Crippen LogP contribution is -2.37. The number of hydrogen-bond acceptors (Lipinski definition) is 3. The van der Waals surface area contributed by atoms with Crippen molar-refractivity contribution < 1.29 is 8.42 Å². The van der Waals surface area contributed by atoms with Crippen LogP contribution in [0.4, 0.5) is 0 Å². The Morgan fingerprint density at radius 3 is 2.82 bits per heavy atom. The largest absolute Gasteiger partial charge is 0.286 e. The van der Waals surface area contributed by atoms with Gasteiger partial charge >= 0.3 is 0 Å². The van der Waals surface area contributed by atoms with Crippen molar-refractivity contribution in [1.29, 1.82) is 0 Å². The van der Waals surface area contributed by atoms with E-state index < -0.39 is 9.84 Å². The summed E-state index contributed by atoms with van der Waals surface area (Å²) in [6.07, 6.45) is 2.50. The molecular formula is C7H13NO2S. The summed E-state index contributed by atoms with van der Waals surface area (Å²) in [5.41, 5.74) is 0. The molecule has 1 saturated heterocycles. The summed E-state index contributed by atoms with van der Waals surface area (Å²) in [7, 11) is -2.78. The van der Waals surface area contributed by atoms with Crippen molar-refractivity contribution in [2.45, 2.75) is 6.42 Å². The summed E-state index contributed by atoms with van der Waals surface area (Å²) in [4.78, 5) is 1.89. The van der Waals surface area contributed by atoms with Gasteiger partial charge in [0.05, 0.1) is 5.75 Å². The topological polar surface area (TPSA) is 37.4 Å². The van der Waals surface area contributed by atoms with Crippen molar-refractivity contribution in [2.75, 3.05) is 24.7 Å². The third-order valence-corrected chi connectivity index (χ3v) is 3.37. The van der Waals surface area contributed by atoms with Crippen LogP contribution in [-0.2, 0) is 9.84 Å². The predicted octanol–water partition coefficient (Wildman–Crippen LogP) is 0.250. The van der Waals surface area contributed by atoms with E-state index in [-0.39, 0.29) is 5.88 Å². The second kappa shape index (κ2) is 3.36. The van der Waals surface area contributed by atoms with Crippen LogP contribution in [0.3, 0.4) is 0 Å². The van der Waals surface area contributed by atoms with Crippen LogP contribution in [0.1, 0.15) is 6.42 Å². The van der Waals surface area contributed by atoms with Gasteiger partial charge in [-0.2, -0.15) is 0 Å². The molecule has 0 unspecified atom stereocenters. The molecule has 0 aliphatic carbocycles. The van der Waals surface area contributed by atoms with Crippen LogP contribution >= 0.6 is 0 Å². The summed E-state index contributed by atoms with van der Waals surface area (Å²) in [6.45, 7) is 5.13. The highest BCUT2D eigenvalue weighted by molar-refractivity contribution is 7.91. The van der Waals surface area contributed by atoms with Gasteiger partial charge in [0.25, 0.3) is 0 Å². The van der Waals surface area contributed by atoms with Crippen molar-refractivity contribution >= 4 is 9.84 Å². The van der Waals surface area contributed by atoms with Crippen LogP contribution in [0.15, 0.2) is 12.7 Å². The number of rotatable bonds is 2. The average molecular weight is 175 g/mol. The SMILES string of the molecule is C=CCN1CCCS(=O)(=O)C1. The van der Waals surface area contributed by atoms with Crippen LogP contribution in [0.2, 0.25) is 0 Å². The van der Waals surface area contributed by atoms with Gasteiger partial charge in [-0.05, 0) is 6.42 Å². The Morgan fingerprint density at radius 2 is 2.27 bits per heavy atom. The molecule has 0 atom stereocenters. The predicted molar refractivity (Wildman–Crippen MR) is 45.0 cm³/mol. The first-order valence-corrected chi connectivity index (χ1v) is 5.50. The average Bonchev–Trinajstić information content (AvgIpc) is 1.85. The second-order valence-electron chi connectivity index (χ2n) is 2.80. The molecule has 0 bridgehead atoms. The van der Waals surface area contributed by atoms with Gasteiger partial charge in [0, 0.05) is 13.1 Å². The van der Waals surface area contributed by atoms with Gasteiger partial charge in [0.2, 0.25) is 0 Å². The maximum atomic E-state index is 11.1. The summed E-state index contributed by atoms with van der Waals surface area (Å²) in [5.74, 6) is 0.555. The lowest BCUT2D eigenvalue weighted by atomic mass is 10.4. The smallest absolute Gasteiger partial charge is 0.163 e. The van der Waals surface area contributed by atoms with Gasteiger partial charge < -0.3 is 0 Å². The van der Waals surface area contributed by atoms with Gasteiger partial charge in [-0.3, -0.25) is 4.90 Å². The van der Waals surface area contributed by atoms with E-state index in [0.717, 1.165) is 13.0 Å². The molecule has 0 saturated carbocycles. The zero-order valence-corrected chi connectivity index (χ0v) is 7.31.